The number of rotatable bonds is 13. The highest BCUT2D eigenvalue weighted by Gasteiger charge is 2.35. The largest absolute Gasteiger partial charge is 0.352 e. The van der Waals surface area contributed by atoms with Gasteiger partial charge in [-0.15, -0.1) is 0 Å². The topological polar surface area (TPSA) is 86.8 Å². The minimum absolute atomic E-state index is 0.0561. The summed E-state index contributed by atoms with van der Waals surface area (Å²) in [5, 5.41) is 3.60. The third-order valence-electron chi connectivity index (χ3n) is 7.61. The van der Waals surface area contributed by atoms with Crippen molar-refractivity contribution >= 4 is 50.7 Å². The van der Waals surface area contributed by atoms with Gasteiger partial charge in [-0.2, -0.15) is 0 Å². The van der Waals surface area contributed by atoms with Gasteiger partial charge in [-0.25, -0.2) is 12.8 Å². The summed E-state index contributed by atoms with van der Waals surface area (Å²) in [6, 6.07) is 24.1. The number of benzene rings is 4. The van der Waals surface area contributed by atoms with Crippen molar-refractivity contribution in [1.82, 2.24) is 10.2 Å². The molecule has 0 aliphatic rings. The second-order valence-corrected chi connectivity index (χ2v) is 13.8. The minimum Gasteiger partial charge on any atom is -0.352 e. The number of anilines is 1. The van der Waals surface area contributed by atoms with E-state index in [1.54, 1.807) is 42.5 Å². The van der Waals surface area contributed by atoms with Gasteiger partial charge in [0, 0.05) is 19.0 Å². The first kappa shape index (κ1) is 34.9. The number of carbonyl (C=O) groups is 2. The van der Waals surface area contributed by atoms with Crippen LogP contribution in [0.25, 0.3) is 0 Å². The molecule has 0 saturated carbocycles. The van der Waals surface area contributed by atoms with Gasteiger partial charge in [0.2, 0.25) is 11.8 Å². The molecule has 7 nitrogen and oxygen atoms in total. The summed E-state index contributed by atoms with van der Waals surface area (Å²) in [5.41, 5.74) is 2.54. The molecule has 1 N–H and O–H groups in total. The minimum atomic E-state index is -4.35. The van der Waals surface area contributed by atoms with E-state index in [-0.39, 0.29) is 40.5 Å². The first-order valence-electron chi connectivity index (χ1n) is 14.8. The van der Waals surface area contributed by atoms with Crippen molar-refractivity contribution < 1.29 is 22.4 Å². The molecule has 242 valence electrons. The molecular weight excluding hydrogens is 648 g/mol. The van der Waals surface area contributed by atoms with E-state index in [0.29, 0.717) is 17.0 Å². The molecule has 0 fully saturated rings. The predicted octanol–water partition coefficient (Wildman–Crippen LogP) is 7.19. The van der Waals surface area contributed by atoms with Gasteiger partial charge < -0.3 is 10.2 Å². The molecule has 0 bridgehead atoms. The zero-order chi connectivity index (χ0) is 33.4. The Hall–Kier alpha value is -3.92. The smallest absolute Gasteiger partial charge is 0.264 e. The summed E-state index contributed by atoms with van der Waals surface area (Å²) in [7, 11) is -4.35. The SMILES string of the molecule is CC[C@@H](C)NC(=O)[C@H](Cc1ccccc1)N(Cc1ccc(Cl)c(Cl)c1)C(=O)CN(c1ccc(C)cc1)S(=O)(=O)c1ccc(F)cc1. The molecule has 2 atom stereocenters. The summed E-state index contributed by atoms with van der Waals surface area (Å²) in [4.78, 5) is 29.6. The maximum Gasteiger partial charge on any atom is 0.264 e. The van der Waals surface area contributed by atoms with Crippen LogP contribution in [0.2, 0.25) is 10.0 Å². The number of nitrogens with zero attached hydrogens (tertiary/aromatic N) is 2. The van der Waals surface area contributed by atoms with Gasteiger partial charge in [0.15, 0.2) is 0 Å². The molecule has 4 aromatic carbocycles. The van der Waals surface area contributed by atoms with Gasteiger partial charge >= 0.3 is 0 Å². The fourth-order valence-corrected chi connectivity index (χ4v) is 6.54. The summed E-state index contributed by atoms with van der Waals surface area (Å²) in [5.74, 6) is -1.60. The van der Waals surface area contributed by atoms with Crippen molar-refractivity contribution in [3.63, 3.8) is 0 Å². The van der Waals surface area contributed by atoms with Crippen LogP contribution in [0.4, 0.5) is 10.1 Å². The predicted molar refractivity (Wildman–Crippen MR) is 181 cm³/mol. The molecule has 0 radical (unpaired) electrons. The Morgan fingerprint density at radius 2 is 1.52 bits per heavy atom. The Morgan fingerprint density at radius 3 is 2.13 bits per heavy atom. The second-order valence-electron chi connectivity index (χ2n) is 11.1. The van der Waals surface area contributed by atoms with E-state index in [4.69, 9.17) is 23.2 Å². The Labute approximate surface area is 280 Å². The van der Waals surface area contributed by atoms with Crippen LogP contribution < -0.4 is 9.62 Å². The van der Waals surface area contributed by atoms with Crippen LogP contribution in [-0.2, 0) is 32.6 Å². The highest BCUT2D eigenvalue weighted by molar-refractivity contribution is 7.92. The van der Waals surface area contributed by atoms with Crippen LogP contribution in [0.5, 0.6) is 0 Å². The van der Waals surface area contributed by atoms with Crippen molar-refractivity contribution in [2.45, 2.75) is 57.1 Å². The van der Waals surface area contributed by atoms with Crippen molar-refractivity contribution in [1.29, 1.82) is 0 Å². The van der Waals surface area contributed by atoms with Crippen molar-refractivity contribution in [2.75, 3.05) is 10.8 Å². The molecule has 4 aromatic rings. The Bertz CT molecular complexity index is 1760. The van der Waals surface area contributed by atoms with Gasteiger partial charge in [0.05, 0.1) is 20.6 Å². The van der Waals surface area contributed by atoms with E-state index in [9.17, 15) is 22.4 Å². The third-order valence-corrected chi connectivity index (χ3v) is 10.1. The van der Waals surface area contributed by atoms with E-state index in [1.807, 2.05) is 51.1 Å². The monoisotopic (exact) mass is 683 g/mol. The van der Waals surface area contributed by atoms with Crippen LogP contribution in [0, 0.1) is 12.7 Å². The molecule has 0 heterocycles. The second kappa shape index (κ2) is 15.6. The number of amides is 2. The molecule has 4 rings (SSSR count). The summed E-state index contributed by atoms with van der Waals surface area (Å²) >= 11 is 12.5. The first-order chi connectivity index (χ1) is 21.9. The molecule has 0 saturated heterocycles. The molecule has 0 aliphatic carbocycles. The van der Waals surface area contributed by atoms with Gasteiger partial charge in [-0.3, -0.25) is 13.9 Å². The Morgan fingerprint density at radius 1 is 0.870 bits per heavy atom. The van der Waals surface area contributed by atoms with Gasteiger partial charge in [0.25, 0.3) is 10.0 Å². The first-order valence-corrected chi connectivity index (χ1v) is 17.0. The van der Waals surface area contributed by atoms with Crippen LogP contribution in [0.1, 0.15) is 37.0 Å². The lowest BCUT2D eigenvalue weighted by molar-refractivity contribution is -0.140. The maximum absolute atomic E-state index is 14.5. The van der Waals surface area contributed by atoms with Gasteiger partial charge in [0.1, 0.15) is 18.4 Å². The standard InChI is InChI=1S/C35H36Cl2FN3O4S/c1-4-25(3)39-35(43)33(21-26-8-6-5-7-9-26)40(22-27-12-19-31(36)32(37)20-27)34(42)23-41(29-15-10-24(2)11-16-29)46(44,45)30-17-13-28(38)14-18-30/h5-20,25,33H,4,21-23H2,1-3H3,(H,39,43)/t25-,33+/m1/s1. The average molecular weight is 685 g/mol. The van der Waals surface area contributed by atoms with Crippen LogP contribution >= 0.6 is 23.2 Å². The fourth-order valence-electron chi connectivity index (χ4n) is 4.80. The average Bonchev–Trinajstić information content (AvgIpc) is 3.04. The van der Waals surface area contributed by atoms with E-state index in [2.05, 4.69) is 5.32 Å². The van der Waals surface area contributed by atoms with Crippen LogP contribution in [-0.4, -0.2) is 43.8 Å². The molecule has 11 heteroatoms. The summed E-state index contributed by atoms with van der Waals surface area (Å²) in [6.45, 7) is 4.98. The fraction of sp³-hybridized carbons (Fsp3) is 0.257. The molecule has 2 amide bonds. The molecule has 0 spiro atoms. The maximum atomic E-state index is 14.5. The normalized spacial score (nSPS) is 12.7. The lowest BCUT2D eigenvalue weighted by atomic mass is 10.0. The zero-order valence-electron chi connectivity index (χ0n) is 25.8. The van der Waals surface area contributed by atoms with Crippen molar-refractivity contribution in [2.24, 2.45) is 0 Å². The number of hydrogen-bond donors (Lipinski definition) is 1. The number of aryl methyl sites for hydroxylation is 1. The Kier molecular flexibility index (Phi) is 11.8. The molecular formula is C35H36Cl2FN3O4S. The molecule has 46 heavy (non-hydrogen) atoms. The summed E-state index contributed by atoms with van der Waals surface area (Å²) < 4.78 is 42.8. The van der Waals surface area contributed by atoms with Gasteiger partial charge in [-0.05, 0) is 79.9 Å². The third kappa shape index (κ3) is 8.87. The number of sulfonamides is 1. The highest BCUT2D eigenvalue weighted by atomic mass is 35.5. The van der Waals surface area contributed by atoms with E-state index >= 15 is 0 Å². The molecule has 0 unspecified atom stereocenters. The molecule has 0 aliphatic heterocycles. The lowest BCUT2D eigenvalue weighted by Crippen LogP contribution is -2.54. The quantitative estimate of drug-likeness (QED) is 0.162. The van der Waals surface area contributed by atoms with Crippen molar-refractivity contribution in [3.05, 3.63) is 130 Å². The van der Waals surface area contributed by atoms with E-state index in [1.165, 1.54) is 4.90 Å². The Balaban J connectivity index is 1.82. The zero-order valence-corrected chi connectivity index (χ0v) is 28.1. The van der Waals surface area contributed by atoms with Crippen molar-refractivity contribution in [3.8, 4) is 0 Å². The number of carbonyl (C=O) groups excluding carboxylic acids is 2. The van der Waals surface area contributed by atoms with E-state index in [0.717, 1.165) is 39.7 Å². The highest BCUT2D eigenvalue weighted by Crippen LogP contribution is 2.27. The number of hydrogen-bond acceptors (Lipinski definition) is 4. The van der Waals surface area contributed by atoms with Crippen LogP contribution in [0.3, 0.4) is 0 Å². The summed E-state index contributed by atoms with van der Waals surface area (Å²) in [6.07, 6.45) is 0.840. The lowest BCUT2D eigenvalue weighted by Gasteiger charge is -2.34. The van der Waals surface area contributed by atoms with E-state index < -0.39 is 34.3 Å². The number of nitrogens with one attached hydrogen (secondary N) is 1. The number of halogens is 3. The molecule has 0 aromatic heterocycles. The van der Waals surface area contributed by atoms with Crippen LogP contribution in [0.15, 0.2) is 102 Å². The van der Waals surface area contributed by atoms with Gasteiger partial charge in [-0.1, -0.05) is 84.2 Å².